The number of nitrogens with zero attached hydrogens (tertiary/aromatic N) is 3. The average molecular weight is 256 g/mol. The summed E-state index contributed by atoms with van der Waals surface area (Å²) < 4.78 is 2.53. The number of aromatic nitrogens is 4. The van der Waals surface area contributed by atoms with E-state index in [-0.39, 0.29) is 0 Å². The van der Waals surface area contributed by atoms with Crippen LogP contribution in [-0.4, -0.2) is 19.6 Å². The molecule has 0 aliphatic heterocycles. The van der Waals surface area contributed by atoms with Gasteiger partial charge in [-0.3, -0.25) is 9.50 Å². The summed E-state index contributed by atoms with van der Waals surface area (Å²) in [5.41, 5.74) is 3.13. The Labute approximate surface area is 109 Å². The molecule has 0 spiro atoms. The highest BCUT2D eigenvalue weighted by Gasteiger charge is 2.09. The minimum Gasteiger partial charge on any atom is -0.270 e. The molecule has 4 nitrogen and oxygen atoms in total. The zero-order valence-corrected chi connectivity index (χ0v) is 10.7. The van der Waals surface area contributed by atoms with E-state index < -0.39 is 0 Å². The standard InChI is InChI=1S/C13H12N4S/c1-9-11-8-14-16-13(18)17(11)12(15-9)7-10-5-3-2-4-6-10/h2-6,8H,7H2,1H3,(H,16,18). The Balaban J connectivity index is 2.16. The minimum atomic E-state index is 0.582. The zero-order chi connectivity index (χ0) is 12.5. The Bertz CT molecular complexity index is 743. The lowest BCUT2D eigenvalue weighted by atomic mass is 10.1. The van der Waals surface area contributed by atoms with Crippen LogP contribution < -0.4 is 0 Å². The monoisotopic (exact) mass is 256 g/mol. The van der Waals surface area contributed by atoms with E-state index >= 15 is 0 Å². The summed E-state index contributed by atoms with van der Waals surface area (Å²) >= 11 is 5.28. The number of benzene rings is 1. The van der Waals surface area contributed by atoms with Gasteiger partial charge in [-0.2, -0.15) is 5.10 Å². The number of hydrogen-bond acceptors (Lipinski definition) is 3. The summed E-state index contributed by atoms with van der Waals surface area (Å²) in [5.74, 6) is 0.942. The van der Waals surface area contributed by atoms with Crippen LogP contribution >= 0.6 is 12.2 Å². The molecule has 0 amide bonds. The van der Waals surface area contributed by atoms with Gasteiger partial charge in [-0.05, 0) is 24.7 Å². The van der Waals surface area contributed by atoms with Crippen LogP contribution in [0.15, 0.2) is 36.5 Å². The van der Waals surface area contributed by atoms with E-state index in [0.717, 1.165) is 23.5 Å². The van der Waals surface area contributed by atoms with Gasteiger partial charge in [0.15, 0.2) is 4.77 Å². The third kappa shape index (κ3) is 1.82. The van der Waals surface area contributed by atoms with Crippen LogP contribution in [0.2, 0.25) is 0 Å². The maximum Gasteiger partial charge on any atom is 0.199 e. The van der Waals surface area contributed by atoms with Gasteiger partial charge >= 0.3 is 0 Å². The number of H-pyrrole nitrogens is 1. The number of nitrogens with one attached hydrogen (secondary N) is 1. The highest BCUT2D eigenvalue weighted by molar-refractivity contribution is 7.71. The van der Waals surface area contributed by atoms with Gasteiger partial charge < -0.3 is 0 Å². The van der Waals surface area contributed by atoms with E-state index in [1.165, 1.54) is 5.56 Å². The van der Waals surface area contributed by atoms with Crippen molar-refractivity contribution >= 4 is 17.7 Å². The lowest BCUT2D eigenvalue weighted by Crippen LogP contribution is -1.99. The van der Waals surface area contributed by atoms with Crippen LogP contribution in [0.3, 0.4) is 0 Å². The number of hydrogen-bond donors (Lipinski definition) is 1. The summed E-state index contributed by atoms with van der Waals surface area (Å²) in [5, 5.41) is 6.81. The molecule has 1 N–H and O–H groups in total. The van der Waals surface area contributed by atoms with Crippen LogP contribution in [0.1, 0.15) is 17.1 Å². The Morgan fingerprint density at radius 2 is 2.06 bits per heavy atom. The second kappa shape index (κ2) is 4.34. The normalized spacial score (nSPS) is 10.9. The van der Waals surface area contributed by atoms with Crippen LogP contribution in [0.25, 0.3) is 5.52 Å². The van der Waals surface area contributed by atoms with Gasteiger partial charge in [-0.1, -0.05) is 30.3 Å². The molecule has 1 aromatic carbocycles. The molecule has 0 saturated carbocycles. The molecule has 90 valence electrons. The molecule has 0 fully saturated rings. The second-order valence-electron chi connectivity index (χ2n) is 4.17. The predicted molar refractivity (Wildman–Crippen MR) is 72.2 cm³/mol. The molecule has 2 heterocycles. The lowest BCUT2D eigenvalue weighted by Gasteiger charge is -2.01. The van der Waals surface area contributed by atoms with Crippen molar-refractivity contribution in [1.82, 2.24) is 19.6 Å². The van der Waals surface area contributed by atoms with Gasteiger partial charge in [0.05, 0.1) is 17.4 Å². The number of aryl methyl sites for hydroxylation is 1. The van der Waals surface area contributed by atoms with Crippen LogP contribution in [0.5, 0.6) is 0 Å². The fourth-order valence-corrected chi connectivity index (χ4v) is 2.33. The topological polar surface area (TPSA) is 46.0 Å². The van der Waals surface area contributed by atoms with Crippen molar-refractivity contribution < 1.29 is 0 Å². The van der Waals surface area contributed by atoms with E-state index in [0.29, 0.717) is 4.77 Å². The molecule has 18 heavy (non-hydrogen) atoms. The molecule has 0 saturated heterocycles. The molecule has 0 atom stereocenters. The molecule has 0 radical (unpaired) electrons. The van der Waals surface area contributed by atoms with Crippen molar-refractivity contribution in [1.29, 1.82) is 0 Å². The van der Waals surface area contributed by atoms with Crippen molar-refractivity contribution in [3.8, 4) is 0 Å². The molecule has 0 aliphatic rings. The molecule has 0 aliphatic carbocycles. The first-order valence-electron chi connectivity index (χ1n) is 5.71. The number of fused-ring (bicyclic) bond motifs is 1. The molecular formula is C13H12N4S. The molecular weight excluding hydrogens is 244 g/mol. The predicted octanol–water partition coefficient (Wildman–Crippen LogP) is 2.69. The van der Waals surface area contributed by atoms with Crippen LogP contribution in [0.4, 0.5) is 0 Å². The Morgan fingerprint density at radius 3 is 2.83 bits per heavy atom. The number of aromatic amines is 1. The second-order valence-corrected chi connectivity index (χ2v) is 4.56. The first kappa shape index (κ1) is 11.1. The van der Waals surface area contributed by atoms with E-state index in [9.17, 15) is 0 Å². The van der Waals surface area contributed by atoms with Gasteiger partial charge in [-0.15, -0.1) is 0 Å². The smallest absolute Gasteiger partial charge is 0.199 e. The van der Waals surface area contributed by atoms with Gasteiger partial charge in [-0.25, -0.2) is 4.98 Å². The van der Waals surface area contributed by atoms with Crippen molar-refractivity contribution in [2.75, 3.05) is 0 Å². The van der Waals surface area contributed by atoms with E-state index in [1.807, 2.05) is 29.5 Å². The summed E-state index contributed by atoms with van der Waals surface area (Å²) in [6.45, 7) is 1.97. The minimum absolute atomic E-state index is 0.582. The first-order chi connectivity index (χ1) is 8.75. The molecule has 0 bridgehead atoms. The van der Waals surface area contributed by atoms with E-state index in [1.54, 1.807) is 6.20 Å². The maximum atomic E-state index is 5.28. The molecule has 3 rings (SSSR count). The third-order valence-corrected chi connectivity index (χ3v) is 3.20. The number of rotatable bonds is 2. The summed E-state index contributed by atoms with van der Waals surface area (Å²) in [6.07, 6.45) is 2.52. The molecule has 3 aromatic rings. The Kier molecular flexibility index (Phi) is 2.68. The van der Waals surface area contributed by atoms with Crippen LogP contribution in [0, 0.1) is 11.7 Å². The summed E-state index contributed by atoms with van der Waals surface area (Å²) in [7, 11) is 0. The van der Waals surface area contributed by atoms with Gasteiger partial charge in [0.2, 0.25) is 0 Å². The van der Waals surface area contributed by atoms with Crippen molar-refractivity contribution in [2.45, 2.75) is 13.3 Å². The summed E-state index contributed by atoms with van der Waals surface area (Å²) in [4.78, 5) is 4.58. The van der Waals surface area contributed by atoms with E-state index in [4.69, 9.17) is 12.2 Å². The van der Waals surface area contributed by atoms with Gasteiger partial charge in [0.1, 0.15) is 5.82 Å². The zero-order valence-electron chi connectivity index (χ0n) is 9.92. The van der Waals surface area contributed by atoms with Crippen molar-refractivity contribution in [3.63, 3.8) is 0 Å². The molecule has 0 unspecified atom stereocenters. The molecule has 5 heteroatoms. The van der Waals surface area contributed by atoms with E-state index in [2.05, 4.69) is 27.3 Å². The van der Waals surface area contributed by atoms with Crippen molar-refractivity contribution in [3.05, 3.63) is 58.4 Å². The highest BCUT2D eigenvalue weighted by atomic mass is 32.1. The fourth-order valence-electron chi connectivity index (χ4n) is 2.08. The Hall–Kier alpha value is -2.01. The fraction of sp³-hybridized carbons (Fsp3) is 0.154. The van der Waals surface area contributed by atoms with Crippen LogP contribution in [-0.2, 0) is 6.42 Å². The van der Waals surface area contributed by atoms with Crippen molar-refractivity contribution in [2.24, 2.45) is 0 Å². The Morgan fingerprint density at radius 1 is 1.28 bits per heavy atom. The quantitative estimate of drug-likeness (QED) is 0.717. The lowest BCUT2D eigenvalue weighted by molar-refractivity contribution is 0.870. The highest BCUT2D eigenvalue weighted by Crippen LogP contribution is 2.14. The first-order valence-corrected chi connectivity index (χ1v) is 6.12. The van der Waals surface area contributed by atoms with Gasteiger partial charge in [0.25, 0.3) is 0 Å². The van der Waals surface area contributed by atoms with Gasteiger partial charge in [0, 0.05) is 6.42 Å². The third-order valence-electron chi connectivity index (χ3n) is 2.92. The summed E-state index contributed by atoms with van der Waals surface area (Å²) in [6, 6.07) is 10.2. The number of imidazole rings is 1. The SMILES string of the molecule is Cc1nc(Cc2ccccc2)n2c(=S)[nH]ncc12. The largest absolute Gasteiger partial charge is 0.270 e. The average Bonchev–Trinajstić information content (AvgIpc) is 2.69. The maximum absolute atomic E-state index is 5.28. The molecule has 2 aromatic heterocycles.